The first-order valence-electron chi connectivity index (χ1n) is 22.0. The van der Waals surface area contributed by atoms with Gasteiger partial charge in [-0.05, 0) is 115 Å². The minimum atomic E-state index is -4.98. The van der Waals surface area contributed by atoms with Crippen LogP contribution in [-0.4, -0.2) is 130 Å². The molecule has 0 aliphatic carbocycles. The minimum absolute atomic E-state index is 0.0294. The van der Waals surface area contributed by atoms with E-state index in [0.717, 1.165) is 0 Å². The normalized spacial score (nSPS) is 14.0. The van der Waals surface area contributed by atoms with Crippen molar-refractivity contribution in [2.24, 2.45) is 5.92 Å². The maximum Gasteiger partial charge on any atom is 0.407 e. The monoisotopic (exact) mass is 993 g/mol. The molecule has 1 aliphatic heterocycles. The topological polar surface area (TPSA) is 266 Å². The third-order valence-corrected chi connectivity index (χ3v) is 14.6. The number of hydrogen-bond acceptors (Lipinski definition) is 15. The van der Waals surface area contributed by atoms with Crippen molar-refractivity contribution < 1.29 is 55.6 Å². The lowest BCUT2D eigenvalue weighted by atomic mass is 9.95. The van der Waals surface area contributed by atoms with Crippen LogP contribution in [0.1, 0.15) is 50.3 Å². The van der Waals surface area contributed by atoms with Gasteiger partial charge in [0.15, 0.2) is 5.82 Å². The van der Waals surface area contributed by atoms with Crippen molar-refractivity contribution in [1.82, 2.24) is 39.9 Å². The van der Waals surface area contributed by atoms with Crippen molar-refractivity contribution in [3.05, 3.63) is 102 Å². The van der Waals surface area contributed by atoms with Crippen molar-refractivity contribution in [3.63, 3.8) is 0 Å². The largest absolute Gasteiger partial charge is 0.497 e. The number of nitrogens with zero attached hydrogens (tertiary/aromatic N) is 6. The molecule has 6 rings (SSSR count). The molecule has 2 amide bonds. The first kappa shape index (κ1) is 51.9. The van der Waals surface area contributed by atoms with Crippen LogP contribution in [0.25, 0.3) is 11.4 Å². The molecule has 0 spiro atoms. The summed E-state index contributed by atoms with van der Waals surface area (Å²) >= 11 is 0. The fraction of sp³-hybridized carbons (Fsp3) is 0.413. The molecule has 69 heavy (non-hydrogen) atoms. The van der Waals surface area contributed by atoms with E-state index < -0.39 is 66.8 Å². The lowest BCUT2D eigenvalue weighted by molar-refractivity contribution is 0.0494. The number of carboxylic acid groups (broad SMARTS) is 1. The molecule has 1 saturated heterocycles. The van der Waals surface area contributed by atoms with Crippen LogP contribution >= 0.6 is 0 Å². The summed E-state index contributed by atoms with van der Waals surface area (Å²) in [7, 11) is -5.29. The third-order valence-electron chi connectivity index (χ3n) is 11.2. The van der Waals surface area contributed by atoms with Gasteiger partial charge in [0.2, 0.25) is 20.0 Å². The number of amides is 2. The van der Waals surface area contributed by atoms with E-state index in [0.29, 0.717) is 65.6 Å². The van der Waals surface area contributed by atoms with E-state index in [1.165, 1.54) is 42.4 Å². The Morgan fingerprint density at radius 1 is 0.783 bits per heavy atom. The lowest BCUT2D eigenvalue weighted by Gasteiger charge is -2.35. The van der Waals surface area contributed by atoms with E-state index in [-0.39, 0.29) is 43.5 Å². The molecule has 0 saturated carbocycles. The van der Waals surface area contributed by atoms with E-state index in [4.69, 9.17) is 18.9 Å². The number of carbonyl (C=O) groups is 2. The number of carbonyl (C=O) groups excluding carboxylic acids is 1. The molecule has 1 unspecified atom stereocenters. The van der Waals surface area contributed by atoms with Crippen molar-refractivity contribution in [1.29, 1.82) is 0 Å². The predicted octanol–water partition coefficient (Wildman–Crippen LogP) is 4.45. The molecule has 372 valence electrons. The molecule has 2 heterocycles. The van der Waals surface area contributed by atoms with Gasteiger partial charge in [-0.2, -0.15) is 4.31 Å². The predicted molar refractivity (Wildman–Crippen MR) is 254 cm³/mol. The van der Waals surface area contributed by atoms with E-state index in [1.54, 1.807) is 93.6 Å². The van der Waals surface area contributed by atoms with Crippen LogP contribution in [0.5, 0.6) is 17.2 Å². The Morgan fingerprint density at radius 3 is 1.83 bits per heavy atom. The second-order valence-electron chi connectivity index (χ2n) is 17.3. The van der Waals surface area contributed by atoms with Crippen LogP contribution in [0.3, 0.4) is 0 Å². The molecule has 21 nitrogen and oxygen atoms in total. The summed E-state index contributed by atoms with van der Waals surface area (Å²) in [5.74, 6) is 1.56. The number of aromatic nitrogens is 4. The number of piperidine rings is 1. The Balaban J connectivity index is 1.55. The number of rotatable bonds is 21. The molecule has 1 fully saturated rings. The SMILES string of the molecule is COc1ccc(CN(Cc2ccc(OC)cc2)S(=O)(=O)c2c(S(=O)(=O)NCC(O)CNC(=O)OC(C)(C)C)ccc(N3CCC(CNC(=O)O)CC3)c2-c2nnnn2Cc2ccc(OC)cc2)cc1. The van der Waals surface area contributed by atoms with Gasteiger partial charge in [-0.25, -0.2) is 35.8 Å². The van der Waals surface area contributed by atoms with Crippen molar-refractivity contribution >= 4 is 37.9 Å². The van der Waals surface area contributed by atoms with Gasteiger partial charge >= 0.3 is 12.2 Å². The van der Waals surface area contributed by atoms with Gasteiger partial charge in [-0.3, -0.25) is 0 Å². The van der Waals surface area contributed by atoms with Gasteiger partial charge in [-0.1, -0.05) is 36.4 Å². The number of methoxy groups -OCH3 is 3. The molecular weight excluding hydrogens is 935 g/mol. The maximum atomic E-state index is 16.1. The Labute approximate surface area is 401 Å². The van der Waals surface area contributed by atoms with Crippen LogP contribution in [0.15, 0.2) is 94.7 Å². The highest BCUT2D eigenvalue weighted by Gasteiger charge is 2.39. The molecule has 23 heteroatoms. The van der Waals surface area contributed by atoms with Gasteiger partial charge in [0.25, 0.3) is 0 Å². The van der Waals surface area contributed by atoms with E-state index >= 15 is 8.42 Å². The van der Waals surface area contributed by atoms with Crippen molar-refractivity contribution in [3.8, 4) is 28.6 Å². The summed E-state index contributed by atoms with van der Waals surface area (Å²) in [6.45, 7) is 4.40. The summed E-state index contributed by atoms with van der Waals surface area (Å²) in [4.78, 5) is 24.3. The summed E-state index contributed by atoms with van der Waals surface area (Å²) in [5.41, 5.74) is 1.17. The third kappa shape index (κ3) is 13.8. The highest BCUT2D eigenvalue weighted by Crippen LogP contribution is 2.43. The van der Waals surface area contributed by atoms with Crippen LogP contribution < -0.4 is 34.5 Å². The summed E-state index contributed by atoms with van der Waals surface area (Å²) in [5, 5.41) is 37.7. The highest BCUT2D eigenvalue weighted by atomic mass is 32.2. The maximum absolute atomic E-state index is 16.1. The van der Waals surface area contributed by atoms with Gasteiger partial charge in [0.1, 0.15) is 32.6 Å². The van der Waals surface area contributed by atoms with Crippen molar-refractivity contribution in [2.75, 3.05) is 59.0 Å². The summed E-state index contributed by atoms with van der Waals surface area (Å²) in [6.07, 6.45) is -2.43. The number of aliphatic hydroxyl groups excluding tert-OH is 1. The summed E-state index contributed by atoms with van der Waals surface area (Å²) in [6, 6.07) is 23.3. The number of tetrazole rings is 1. The number of benzene rings is 4. The first-order valence-corrected chi connectivity index (χ1v) is 24.9. The van der Waals surface area contributed by atoms with E-state index in [9.17, 15) is 28.2 Å². The molecule has 5 N–H and O–H groups in total. The van der Waals surface area contributed by atoms with Gasteiger partial charge in [-0.15, -0.1) is 5.10 Å². The number of anilines is 1. The zero-order valence-electron chi connectivity index (χ0n) is 39.3. The number of nitrogens with one attached hydrogen (secondary N) is 3. The highest BCUT2D eigenvalue weighted by molar-refractivity contribution is 7.92. The van der Waals surface area contributed by atoms with Crippen LogP contribution in [0.2, 0.25) is 0 Å². The molecule has 5 aromatic rings. The summed E-state index contributed by atoms with van der Waals surface area (Å²) < 4.78 is 88.1. The number of hydrogen-bond donors (Lipinski definition) is 5. The number of ether oxygens (including phenoxy) is 4. The molecule has 1 aromatic heterocycles. The quantitative estimate of drug-likeness (QED) is 0.0680. The first-order chi connectivity index (χ1) is 32.8. The van der Waals surface area contributed by atoms with Gasteiger partial charge in [0, 0.05) is 51.5 Å². The van der Waals surface area contributed by atoms with Crippen LogP contribution in [0.4, 0.5) is 15.3 Å². The van der Waals surface area contributed by atoms with Gasteiger partial charge in [0.05, 0.1) is 39.5 Å². The number of aliphatic hydroxyl groups is 1. The second-order valence-corrected chi connectivity index (χ2v) is 20.9. The standard InChI is InChI=1S/C46H59N9O12S2/c1-46(2,3)67-45(59)48-26-35(56)27-49-68(60,61)40-20-19-39(53-23-21-31(22-24-53)25-47-44(57)58)41(43-50-51-52-55(43)30-34-11-17-38(66-6)18-12-34)42(40)69(62,63)54(28-32-7-13-36(64-4)14-8-32)29-33-9-15-37(65-5)16-10-33/h7-20,31,35,47,49,56H,21-30H2,1-6H3,(H,48,59)(H,57,58). The van der Waals surface area contributed by atoms with Crippen LogP contribution in [-0.2, 0) is 44.4 Å². The average Bonchev–Trinajstić information content (AvgIpc) is 3.79. The molecule has 0 bridgehead atoms. The van der Waals surface area contributed by atoms with Crippen molar-refractivity contribution in [2.45, 2.75) is 74.7 Å². The Hall–Kier alpha value is -6.53. The van der Waals surface area contributed by atoms with E-state index in [1.807, 2.05) is 4.90 Å². The molecule has 1 atom stereocenters. The van der Waals surface area contributed by atoms with Gasteiger partial charge < -0.3 is 44.7 Å². The molecule has 1 aliphatic rings. The van der Waals surface area contributed by atoms with E-state index in [2.05, 4.69) is 30.9 Å². The Kier molecular flexibility index (Phi) is 17.1. The Morgan fingerprint density at radius 2 is 1.32 bits per heavy atom. The fourth-order valence-electron chi connectivity index (χ4n) is 7.60. The molecule has 4 aromatic carbocycles. The zero-order chi connectivity index (χ0) is 49.9. The fourth-order valence-corrected chi connectivity index (χ4v) is 11.1. The smallest absolute Gasteiger partial charge is 0.407 e. The second kappa shape index (κ2) is 22.7. The molecule has 0 radical (unpaired) electrons. The lowest BCUT2D eigenvalue weighted by Crippen LogP contribution is -2.42. The zero-order valence-corrected chi connectivity index (χ0v) is 40.9. The number of alkyl carbamates (subject to hydrolysis) is 1. The minimum Gasteiger partial charge on any atom is -0.497 e. The average molecular weight is 994 g/mol. The Bertz CT molecular complexity index is 2690. The number of sulfonamides is 2. The van der Waals surface area contributed by atoms with Crippen LogP contribution in [0, 0.1) is 5.92 Å². The molecular formula is C46H59N9O12S2.